The third-order valence-electron chi connectivity index (χ3n) is 4.67. The summed E-state index contributed by atoms with van der Waals surface area (Å²) in [5.74, 6) is 0.747. The van der Waals surface area contributed by atoms with Crippen LogP contribution in [-0.2, 0) is 16.6 Å². The standard InChI is InChI=1S/C23H24N2O5S/c1-16-10-12-18(13-11-16)25-31(27,28)19-7-4-6-17(14-19)23(26)24-15-20-21(29-2)8-5-9-22(20)30-3/h4-14,25H,15H2,1-3H3,(H,24,26). The van der Waals surface area contributed by atoms with Crippen molar-refractivity contribution in [3.63, 3.8) is 0 Å². The Morgan fingerprint density at radius 3 is 2.13 bits per heavy atom. The lowest BCUT2D eigenvalue weighted by Gasteiger charge is -2.14. The highest BCUT2D eigenvalue weighted by Gasteiger charge is 2.17. The van der Waals surface area contributed by atoms with Crippen LogP contribution in [0, 0.1) is 6.92 Å². The summed E-state index contributed by atoms with van der Waals surface area (Å²) < 4.78 is 38.7. The molecule has 0 saturated carbocycles. The number of carbonyl (C=O) groups is 1. The van der Waals surface area contributed by atoms with E-state index in [0.717, 1.165) is 5.56 Å². The molecule has 8 heteroatoms. The van der Waals surface area contributed by atoms with Crippen molar-refractivity contribution in [2.75, 3.05) is 18.9 Å². The Balaban J connectivity index is 1.77. The van der Waals surface area contributed by atoms with Crippen LogP contribution in [0.5, 0.6) is 11.5 Å². The summed E-state index contributed by atoms with van der Waals surface area (Å²) in [7, 11) is -0.766. The molecule has 31 heavy (non-hydrogen) atoms. The molecule has 0 aromatic heterocycles. The van der Waals surface area contributed by atoms with Gasteiger partial charge in [0.15, 0.2) is 0 Å². The number of anilines is 1. The number of methoxy groups -OCH3 is 2. The van der Waals surface area contributed by atoms with Crippen molar-refractivity contribution in [1.29, 1.82) is 0 Å². The normalized spacial score (nSPS) is 10.9. The topological polar surface area (TPSA) is 93.7 Å². The van der Waals surface area contributed by atoms with Crippen LogP contribution in [0.4, 0.5) is 5.69 Å². The first-order valence-electron chi connectivity index (χ1n) is 9.51. The lowest BCUT2D eigenvalue weighted by atomic mass is 10.1. The molecule has 0 heterocycles. The van der Waals surface area contributed by atoms with Gasteiger partial charge >= 0.3 is 0 Å². The maximum Gasteiger partial charge on any atom is 0.261 e. The molecule has 1 amide bonds. The highest BCUT2D eigenvalue weighted by molar-refractivity contribution is 7.92. The number of benzene rings is 3. The molecule has 0 bridgehead atoms. The van der Waals surface area contributed by atoms with Gasteiger partial charge in [-0.25, -0.2) is 8.42 Å². The Morgan fingerprint density at radius 2 is 1.52 bits per heavy atom. The first-order valence-corrected chi connectivity index (χ1v) is 11.0. The van der Waals surface area contributed by atoms with Crippen molar-refractivity contribution in [3.8, 4) is 11.5 Å². The van der Waals surface area contributed by atoms with Gasteiger partial charge in [-0.2, -0.15) is 0 Å². The average molecular weight is 441 g/mol. The van der Waals surface area contributed by atoms with E-state index in [1.807, 2.05) is 19.1 Å². The Bertz CT molecular complexity index is 1150. The molecule has 2 N–H and O–H groups in total. The molecular weight excluding hydrogens is 416 g/mol. The average Bonchev–Trinajstić information content (AvgIpc) is 2.78. The number of aryl methyl sites for hydroxylation is 1. The van der Waals surface area contributed by atoms with Gasteiger partial charge in [0.25, 0.3) is 15.9 Å². The number of rotatable bonds is 8. The molecule has 7 nitrogen and oxygen atoms in total. The number of nitrogens with one attached hydrogen (secondary N) is 2. The summed E-state index contributed by atoms with van der Waals surface area (Å²) in [6.45, 7) is 2.07. The Labute approximate surface area is 182 Å². The molecule has 0 aliphatic rings. The van der Waals surface area contributed by atoms with Crippen molar-refractivity contribution >= 4 is 21.6 Å². The van der Waals surface area contributed by atoms with Gasteiger partial charge < -0.3 is 14.8 Å². The number of ether oxygens (including phenoxy) is 2. The fourth-order valence-electron chi connectivity index (χ4n) is 3.01. The minimum Gasteiger partial charge on any atom is -0.496 e. The fourth-order valence-corrected chi connectivity index (χ4v) is 4.12. The van der Waals surface area contributed by atoms with Crippen molar-refractivity contribution in [1.82, 2.24) is 5.32 Å². The summed E-state index contributed by atoms with van der Waals surface area (Å²) in [6, 6.07) is 18.2. The first-order chi connectivity index (χ1) is 14.8. The highest BCUT2D eigenvalue weighted by Crippen LogP contribution is 2.28. The van der Waals surface area contributed by atoms with Gasteiger partial charge in [0.05, 0.1) is 31.2 Å². The van der Waals surface area contributed by atoms with Crippen molar-refractivity contribution in [2.45, 2.75) is 18.4 Å². The monoisotopic (exact) mass is 440 g/mol. The zero-order valence-corrected chi connectivity index (χ0v) is 18.3. The molecular formula is C23H24N2O5S. The zero-order chi connectivity index (χ0) is 22.4. The number of amides is 1. The second-order valence-electron chi connectivity index (χ2n) is 6.82. The smallest absolute Gasteiger partial charge is 0.261 e. The van der Waals surface area contributed by atoms with Gasteiger partial charge in [-0.1, -0.05) is 29.8 Å². The summed E-state index contributed by atoms with van der Waals surface area (Å²) in [4.78, 5) is 12.7. The molecule has 0 fully saturated rings. The van der Waals surface area contributed by atoms with Crippen LogP contribution in [0.1, 0.15) is 21.5 Å². The lowest BCUT2D eigenvalue weighted by Crippen LogP contribution is -2.24. The Kier molecular flexibility index (Phi) is 6.81. The molecule has 0 atom stereocenters. The van der Waals surface area contributed by atoms with Crippen LogP contribution < -0.4 is 19.5 Å². The minimum atomic E-state index is -3.84. The molecule has 0 unspecified atom stereocenters. The number of sulfonamides is 1. The van der Waals surface area contributed by atoms with Gasteiger partial charge in [-0.05, 0) is 49.4 Å². The molecule has 0 aliphatic carbocycles. The van der Waals surface area contributed by atoms with Gasteiger partial charge in [0.2, 0.25) is 0 Å². The summed E-state index contributed by atoms with van der Waals surface area (Å²) in [5.41, 5.74) is 2.38. The summed E-state index contributed by atoms with van der Waals surface area (Å²) in [5, 5.41) is 2.79. The molecule has 0 aliphatic heterocycles. The third kappa shape index (κ3) is 5.35. The second-order valence-corrected chi connectivity index (χ2v) is 8.51. The first kappa shape index (κ1) is 22.2. The van der Waals surface area contributed by atoms with Crippen LogP contribution in [0.15, 0.2) is 71.6 Å². The van der Waals surface area contributed by atoms with E-state index in [1.165, 1.54) is 32.4 Å². The van der Waals surface area contributed by atoms with Crippen molar-refractivity contribution in [3.05, 3.63) is 83.4 Å². The molecule has 3 rings (SSSR count). The maximum absolute atomic E-state index is 12.7. The second kappa shape index (κ2) is 9.53. The zero-order valence-electron chi connectivity index (χ0n) is 17.5. The predicted octanol–water partition coefficient (Wildman–Crippen LogP) is 3.74. The van der Waals surface area contributed by atoms with Crippen LogP contribution in [0.2, 0.25) is 0 Å². The quantitative estimate of drug-likeness (QED) is 0.557. The van der Waals surface area contributed by atoms with E-state index in [2.05, 4.69) is 10.0 Å². The Hall–Kier alpha value is -3.52. The van der Waals surface area contributed by atoms with Gasteiger partial charge in [-0.3, -0.25) is 9.52 Å². The van der Waals surface area contributed by atoms with Gasteiger partial charge in [0.1, 0.15) is 11.5 Å². The molecule has 0 radical (unpaired) electrons. The number of hydrogen-bond donors (Lipinski definition) is 2. The van der Waals surface area contributed by atoms with Crippen LogP contribution >= 0.6 is 0 Å². The summed E-state index contributed by atoms with van der Waals surface area (Å²) in [6.07, 6.45) is 0. The van der Waals surface area contributed by atoms with E-state index in [1.54, 1.807) is 36.4 Å². The molecule has 3 aromatic rings. The number of carbonyl (C=O) groups excluding carboxylic acids is 1. The maximum atomic E-state index is 12.7. The van der Waals surface area contributed by atoms with Gasteiger partial charge in [0, 0.05) is 11.3 Å². The lowest BCUT2D eigenvalue weighted by molar-refractivity contribution is 0.0950. The molecule has 0 spiro atoms. The Morgan fingerprint density at radius 1 is 0.903 bits per heavy atom. The van der Waals surface area contributed by atoms with Crippen LogP contribution in [0.3, 0.4) is 0 Å². The molecule has 0 saturated heterocycles. The van der Waals surface area contributed by atoms with E-state index in [0.29, 0.717) is 22.7 Å². The molecule has 3 aromatic carbocycles. The van der Waals surface area contributed by atoms with Crippen LogP contribution in [-0.4, -0.2) is 28.5 Å². The third-order valence-corrected chi connectivity index (χ3v) is 6.04. The number of hydrogen-bond acceptors (Lipinski definition) is 5. The SMILES string of the molecule is COc1cccc(OC)c1CNC(=O)c1cccc(S(=O)(=O)Nc2ccc(C)cc2)c1. The minimum absolute atomic E-state index is 0.00408. The predicted molar refractivity (Wildman–Crippen MR) is 119 cm³/mol. The fraction of sp³-hybridized carbons (Fsp3) is 0.174. The van der Waals surface area contributed by atoms with E-state index >= 15 is 0 Å². The van der Waals surface area contributed by atoms with E-state index in [9.17, 15) is 13.2 Å². The highest BCUT2D eigenvalue weighted by atomic mass is 32.2. The van der Waals surface area contributed by atoms with Crippen molar-refractivity contribution in [2.24, 2.45) is 0 Å². The van der Waals surface area contributed by atoms with E-state index < -0.39 is 15.9 Å². The van der Waals surface area contributed by atoms with Gasteiger partial charge in [-0.15, -0.1) is 0 Å². The van der Waals surface area contributed by atoms with Crippen molar-refractivity contribution < 1.29 is 22.7 Å². The van der Waals surface area contributed by atoms with E-state index in [-0.39, 0.29) is 17.0 Å². The summed E-state index contributed by atoms with van der Waals surface area (Å²) >= 11 is 0. The largest absolute Gasteiger partial charge is 0.496 e. The molecule has 162 valence electrons. The van der Waals surface area contributed by atoms with E-state index in [4.69, 9.17) is 9.47 Å². The van der Waals surface area contributed by atoms with Crippen LogP contribution in [0.25, 0.3) is 0 Å².